The fourth-order valence-corrected chi connectivity index (χ4v) is 5.36. The number of carbonyl (C=O) groups excluding carboxylic acids is 1. The number of nitrogens with one attached hydrogen (secondary N) is 1. The molecule has 2 atom stereocenters. The van der Waals surface area contributed by atoms with Crippen LogP contribution in [0.1, 0.15) is 34.1 Å². The summed E-state index contributed by atoms with van der Waals surface area (Å²) < 4.78 is 28.6. The van der Waals surface area contributed by atoms with Crippen molar-refractivity contribution in [3.8, 4) is 0 Å². The van der Waals surface area contributed by atoms with Crippen molar-refractivity contribution < 1.29 is 13.2 Å². The predicted octanol–water partition coefficient (Wildman–Crippen LogP) is 0.420. The first-order valence-electron chi connectivity index (χ1n) is 7.22. The molecular formula is C13H25N3O3S. The Kier molecular flexibility index (Phi) is 4.15. The second-order valence-corrected chi connectivity index (χ2v) is 8.51. The highest BCUT2D eigenvalue weighted by molar-refractivity contribution is 7.86. The van der Waals surface area contributed by atoms with Crippen LogP contribution in [0.3, 0.4) is 0 Å². The number of rotatable bonds is 2. The molecule has 2 heterocycles. The van der Waals surface area contributed by atoms with Crippen molar-refractivity contribution >= 4 is 16.1 Å². The highest BCUT2D eigenvalue weighted by Crippen LogP contribution is 2.29. The molecule has 2 aliphatic rings. The molecule has 2 rings (SSSR count). The van der Waals surface area contributed by atoms with Crippen molar-refractivity contribution in [3.05, 3.63) is 0 Å². The summed E-state index contributed by atoms with van der Waals surface area (Å²) in [7, 11) is -3.59. The minimum absolute atomic E-state index is 0.231. The fourth-order valence-electron chi connectivity index (χ4n) is 3.22. The van der Waals surface area contributed by atoms with E-state index in [2.05, 4.69) is 19.2 Å². The van der Waals surface area contributed by atoms with Crippen molar-refractivity contribution in [1.82, 2.24) is 13.9 Å². The lowest BCUT2D eigenvalue weighted by Gasteiger charge is -2.44. The van der Waals surface area contributed by atoms with Gasteiger partial charge in [-0.25, -0.2) is 0 Å². The number of carbonyl (C=O) groups is 1. The maximum absolute atomic E-state index is 12.9. The number of amides is 1. The van der Waals surface area contributed by atoms with Crippen LogP contribution in [-0.2, 0) is 15.0 Å². The average Bonchev–Trinajstić information content (AvgIpc) is 2.31. The molecule has 0 aromatic heterocycles. The molecule has 2 fully saturated rings. The van der Waals surface area contributed by atoms with Gasteiger partial charge in [0.1, 0.15) is 5.54 Å². The van der Waals surface area contributed by atoms with E-state index in [1.807, 2.05) is 0 Å². The number of piperidine rings is 1. The Bertz CT molecular complexity index is 479. The Morgan fingerprint density at radius 2 is 1.75 bits per heavy atom. The van der Waals surface area contributed by atoms with E-state index in [4.69, 9.17) is 0 Å². The van der Waals surface area contributed by atoms with E-state index in [9.17, 15) is 13.2 Å². The molecular weight excluding hydrogens is 278 g/mol. The molecule has 2 unspecified atom stereocenters. The van der Waals surface area contributed by atoms with Gasteiger partial charge in [-0.05, 0) is 32.1 Å². The fraction of sp³-hybridized carbons (Fsp3) is 0.923. The third-order valence-electron chi connectivity index (χ3n) is 4.22. The SMILES string of the molecule is CC1CC(C)CN(S(=O)(=O)N2CCNC(=O)C2(C)C)C1. The van der Waals surface area contributed by atoms with Crippen LogP contribution in [0, 0.1) is 11.8 Å². The van der Waals surface area contributed by atoms with Crippen LogP contribution in [0.15, 0.2) is 0 Å². The average molecular weight is 303 g/mol. The van der Waals surface area contributed by atoms with Gasteiger partial charge in [0, 0.05) is 26.2 Å². The van der Waals surface area contributed by atoms with Gasteiger partial charge in [-0.2, -0.15) is 17.0 Å². The number of nitrogens with zero attached hydrogens (tertiary/aromatic N) is 2. The molecule has 116 valence electrons. The first-order valence-corrected chi connectivity index (χ1v) is 8.61. The lowest BCUT2D eigenvalue weighted by atomic mass is 9.94. The Balaban J connectivity index is 2.27. The summed E-state index contributed by atoms with van der Waals surface area (Å²) in [6.45, 7) is 9.27. The molecule has 7 heteroatoms. The summed E-state index contributed by atoms with van der Waals surface area (Å²) in [4.78, 5) is 11.9. The first-order chi connectivity index (χ1) is 9.15. The van der Waals surface area contributed by atoms with Gasteiger partial charge in [0.15, 0.2) is 0 Å². The third kappa shape index (κ3) is 2.71. The quantitative estimate of drug-likeness (QED) is 0.804. The van der Waals surface area contributed by atoms with E-state index in [1.54, 1.807) is 18.2 Å². The third-order valence-corrected chi connectivity index (χ3v) is 6.37. The molecule has 20 heavy (non-hydrogen) atoms. The molecule has 0 aromatic carbocycles. The van der Waals surface area contributed by atoms with E-state index in [0.29, 0.717) is 38.0 Å². The van der Waals surface area contributed by atoms with Crippen LogP contribution in [-0.4, -0.2) is 54.7 Å². The zero-order valence-electron chi connectivity index (χ0n) is 12.7. The highest BCUT2D eigenvalue weighted by Gasteiger charge is 2.47. The summed E-state index contributed by atoms with van der Waals surface area (Å²) in [6, 6.07) is 0. The molecule has 0 radical (unpaired) electrons. The number of hydrogen-bond acceptors (Lipinski definition) is 3. The van der Waals surface area contributed by atoms with Crippen LogP contribution in [0.2, 0.25) is 0 Å². The minimum atomic E-state index is -3.59. The zero-order chi connectivity index (χ0) is 15.1. The first kappa shape index (κ1) is 15.7. The second-order valence-electron chi connectivity index (χ2n) is 6.66. The predicted molar refractivity (Wildman–Crippen MR) is 77.2 cm³/mol. The van der Waals surface area contributed by atoms with Crippen molar-refractivity contribution in [2.75, 3.05) is 26.2 Å². The van der Waals surface area contributed by atoms with Crippen LogP contribution < -0.4 is 5.32 Å². The molecule has 2 saturated heterocycles. The lowest BCUT2D eigenvalue weighted by molar-refractivity contribution is -0.131. The molecule has 6 nitrogen and oxygen atoms in total. The van der Waals surface area contributed by atoms with Gasteiger partial charge in [-0.15, -0.1) is 0 Å². The van der Waals surface area contributed by atoms with E-state index in [-0.39, 0.29) is 5.91 Å². The van der Waals surface area contributed by atoms with Gasteiger partial charge >= 0.3 is 0 Å². The monoisotopic (exact) mass is 303 g/mol. The summed E-state index contributed by atoms with van der Waals surface area (Å²) >= 11 is 0. The minimum Gasteiger partial charge on any atom is -0.353 e. The normalized spacial score (nSPS) is 32.9. The van der Waals surface area contributed by atoms with E-state index in [0.717, 1.165) is 6.42 Å². The molecule has 2 aliphatic heterocycles. The summed E-state index contributed by atoms with van der Waals surface area (Å²) in [5.74, 6) is 0.482. The summed E-state index contributed by atoms with van der Waals surface area (Å²) in [6.07, 6.45) is 1.05. The van der Waals surface area contributed by atoms with Crippen molar-refractivity contribution in [2.45, 2.75) is 39.7 Å². The van der Waals surface area contributed by atoms with Gasteiger partial charge < -0.3 is 5.32 Å². The molecule has 0 aromatic rings. The summed E-state index contributed by atoms with van der Waals surface area (Å²) in [5.41, 5.74) is -1.03. The van der Waals surface area contributed by atoms with Crippen molar-refractivity contribution in [3.63, 3.8) is 0 Å². The zero-order valence-corrected chi connectivity index (χ0v) is 13.5. The van der Waals surface area contributed by atoms with Crippen molar-refractivity contribution in [2.24, 2.45) is 11.8 Å². The van der Waals surface area contributed by atoms with E-state index >= 15 is 0 Å². The van der Waals surface area contributed by atoms with Gasteiger partial charge in [0.25, 0.3) is 10.2 Å². The largest absolute Gasteiger partial charge is 0.353 e. The van der Waals surface area contributed by atoms with Crippen LogP contribution >= 0.6 is 0 Å². The Labute approximate surface area is 121 Å². The Hall–Kier alpha value is -0.660. The van der Waals surface area contributed by atoms with Crippen LogP contribution in [0.5, 0.6) is 0 Å². The smallest absolute Gasteiger partial charge is 0.283 e. The highest BCUT2D eigenvalue weighted by atomic mass is 32.2. The van der Waals surface area contributed by atoms with Gasteiger partial charge in [0.05, 0.1) is 0 Å². The number of hydrogen-bond donors (Lipinski definition) is 1. The maximum atomic E-state index is 12.9. The van der Waals surface area contributed by atoms with Crippen molar-refractivity contribution in [1.29, 1.82) is 0 Å². The number of piperazine rings is 1. The van der Waals surface area contributed by atoms with E-state index < -0.39 is 15.7 Å². The van der Waals surface area contributed by atoms with E-state index in [1.165, 1.54) is 4.31 Å². The van der Waals surface area contributed by atoms with Crippen LogP contribution in [0.4, 0.5) is 0 Å². The maximum Gasteiger partial charge on any atom is 0.283 e. The molecule has 0 bridgehead atoms. The standard InChI is InChI=1S/C13H25N3O3S/c1-10-7-11(2)9-15(8-10)20(18,19)16-6-5-14-12(17)13(16,3)4/h10-11H,5-9H2,1-4H3,(H,14,17). The molecule has 1 amide bonds. The molecule has 0 spiro atoms. The lowest BCUT2D eigenvalue weighted by Crippen LogP contribution is -2.66. The van der Waals surface area contributed by atoms with Gasteiger partial charge in [-0.1, -0.05) is 13.8 Å². The topological polar surface area (TPSA) is 69.7 Å². The van der Waals surface area contributed by atoms with Gasteiger partial charge in [0.2, 0.25) is 5.91 Å². The molecule has 0 saturated carbocycles. The summed E-state index contributed by atoms with van der Waals surface area (Å²) in [5, 5.41) is 2.73. The Morgan fingerprint density at radius 3 is 2.30 bits per heavy atom. The van der Waals surface area contributed by atoms with Crippen LogP contribution in [0.25, 0.3) is 0 Å². The molecule has 1 N–H and O–H groups in total. The molecule has 0 aliphatic carbocycles. The second kappa shape index (κ2) is 5.27. The van der Waals surface area contributed by atoms with Gasteiger partial charge in [-0.3, -0.25) is 4.79 Å². The Morgan fingerprint density at radius 1 is 1.20 bits per heavy atom.